The molecule has 36 heavy (non-hydrogen) atoms. The number of aryl methyl sites for hydroxylation is 1. The van der Waals surface area contributed by atoms with Crippen molar-refractivity contribution in [3.63, 3.8) is 0 Å². The minimum Gasteiger partial charge on any atom is -0.395 e. The largest absolute Gasteiger partial charge is 0.395 e. The van der Waals surface area contributed by atoms with E-state index in [0.29, 0.717) is 17.5 Å². The van der Waals surface area contributed by atoms with Crippen LogP contribution in [0.2, 0.25) is 0 Å². The van der Waals surface area contributed by atoms with Crippen molar-refractivity contribution in [2.75, 3.05) is 13.2 Å². The Morgan fingerprint density at radius 3 is 1.47 bits per heavy atom. The summed E-state index contributed by atoms with van der Waals surface area (Å²) in [6.45, 7) is 2.36. The summed E-state index contributed by atoms with van der Waals surface area (Å²) in [4.78, 5) is 61.9. The minimum absolute atomic E-state index is 0.184. The lowest BCUT2D eigenvalue weighted by atomic mass is 10.0. The molecule has 0 aliphatic carbocycles. The summed E-state index contributed by atoms with van der Waals surface area (Å²) in [5, 5.41) is 9.58. The molecule has 12 nitrogen and oxygen atoms in total. The fourth-order valence-electron chi connectivity index (χ4n) is 3.95. The Hall–Kier alpha value is -1.55. The molecule has 0 aliphatic rings. The third-order valence-corrected chi connectivity index (χ3v) is 7.74. The molecule has 2 rings (SSSR count). The Kier molecular flexibility index (Phi) is 10.9. The van der Waals surface area contributed by atoms with E-state index < -0.39 is 41.2 Å². The summed E-state index contributed by atoms with van der Waals surface area (Å²) >= 11 is 0. The number of rotatable bonds is 14. The highest BCUT2D eigenvalue weighted by atomic mass is 31.2. The monoisotopic (exact) mass is 564 g/mol. The maximum Gasteiger partial charge on any atom is 0.354 e. The molecule has 15 heteroatoms. The lowest BCUT2D eigenvalue weighted by molar-refractivity contribution is 0.184. The smallest absolute Gasteiger partial charge is 0.354 e. The fraction of sp³-hybridized carbons (Fsp3) is 0.429. The molecule has 200 valence electrons. The quantitative estimate of drug-likeness (QED) is 0.145. The lowest BCUT2D eigenvalue weighted by Crippen LogP contribution is -2.26. The van der Waals surface area contributed by atoms with Gasteiger partial charge in [0, 0.05) is 24.6 Å². The number of nitrogens with zero attached hydrogens (tertiary/aromatic N) is 2. The van der Waals surface area contributed by atoms with E-state index in [9.17, 15) is 48.2 Å². The first-order chi connectivity index (χ1) is 16.6. The summed E-state index contributed by atoms with van der Waals surface area (Å²) in [6.07, 6.45) is -0.972. The molecule has 0 bridgehead atoms. The van der Waals surface area contributed by atoms with Crippen LogP contribution in [0.15, 0.2) is 41.3 Å². The van der Waals surface area contributed by atoms with Crippen molar-refractivity contribution in [2.45, 2.75) is 44.9 Å². The van der Waals surface area contributed by atoms with Crippen molar-refractivity contribution in [3.05, 3.63) is 74.7 Å². The van der Waals surface area contributed by atoms with Crippen molar-refractivity contribution in [2.24, 2.45) is 4.95 Å². The molecule has 1 unspecified atom stereocenters. The number of aliphatic hydroxyl groups excluding tert-OH is 1. The molecular weight excluding hydrogens is 533 g/mol. The molecule has 0 aromatic heterocycles. The first-order valence-corrected chi connectivity index (χ1v) is 16.3. The van der Waals surface area contributed by atoms with Gasteiger partial charge in [0.2, 0.25) is 0 Å². The summed E-state index contributed by atoms with van der Waals surface area (Å²) in [5.74, 6) is 0. The van der Waals surface area contributed by atoms with Gasteiger partial charge >= 0.3 is 22.7 Å². The number of hydrogen-bond donors (Lipinski definition) is 6. The van der Waals surface area contributed by atoms with Gasteiger partial charge in [0.15, 0.2) is 0 Å². The zero-order valence-electron chi connectivity index (χ0n) is 19.7. The van der Waals surface area contributed by atoms with Gasteiger partial charge in [-0.2, -0.15) is 0 Å². The highest BCUT2D eigenvalue weighted by Crippen LogP contribution is 2.46. The zero-order chi connectivity index (χ0) is 27.1. The minimum atomic E-state index is -4.44. The van der Waals surface area contributed by atoms with Crippen LogP contribution in [-0.2, 0) is 51.7 Å². The summed E-state index contributed by atoms with van der Waals surface area (Å²) in [6, 6.07) is 9.70. The van der Waals surface area contributed by atoms with Crippen LogP contribution >= 0.6 is 22.7 Å². The van der Waals surface area contributed by atoms with E-state index in [1.165, 1.54) is 18.2 Å². The Labute approximate surface area is 208 Å². The molecule has 0 amide bonds. The molecule has 0 aliphatic heterocycles. The second kappa shape index (κ2) is 12.8. The highest BCUT2D eigenvalue weighted by Gasteiger charge is 2.21. The van der Waals surface area contributed by atoms with E-state index >= 15 is 0 Å². The average Bonchev–Trinajstić information content (AvgIpc) is 2.70. The van der Waals surface area contributed by atoms with Crippen molar-refractivity contribution >= 4 is 22.7 Å². The molecule has 0 heterocycles. The summed E-state index contributed by atoms with van der Waals surface area (Å²) < 4.78 is 34.9. The standard InChI is InChI=1S/C21H31N2O10P3/c1-2-16-5-17(7-19(6-16)13-34(26,27)22-25)11-23(3-4-24)12-18-8-20(14-35(28,29)30)10-21(9-18)15-36(31,32)33/h5-10,24H,2-4,11-15H2,1H3,(H,26,27)(H2,28,29,30)(H2,31,32,33). The van der Waals surface area contributed by atoms with E-state index in [2.05, 4.69) is 4.95 Å². The van der Waals surface area contributed by atoms with Crippen LogP contribution in [0.3, 0.4) is 0 Å². The van der Waals surface area contributed by atoms with E-state index in [4.69, 9.17) is 0 Å². The Morgan fingerprint density at radius 1 is 0.694 bits per heavy atom. The van der Waals surface area contributed by atoms with Crippen LogP contribution in [0.5, 0.6) is 0 Å². The van der Waals surface area contributed by atoms with Gasteiger partial charge in [-0.1, -0.05) is 43.3 Å². The summed E-state index contributed by atoms with van der Waals surface area (Å²) in [7, 11) is -13.1. The van der Waals surface area contributed by atoms with Gasteiger partial charge in [-0.25, -0.2) is 0 Å². The predicted octanol–water partition coefficient (Wildman–Crippen LogP) is 3.05. The molecule has 0 saturated carbocycles. The van der Waals surface area contributed by atoms with E-state index in [1.807, 2.05) is 17.9 Å². The SMILES string of the molecule is CCc1cc(CN(CCO)Cc2cc(CP(=O)(O)O)cc(CP(=O)(O)O)c2)cc(CP(=O)(O)N=O)c1. The van der Waals surface area contributed by atoms with Gasteiger partial charge < -0.3 is 29.6 Å². The van der Waals surface area contributed by atoms with Crippen LogP contribution in [0.4, 0.5) is 0 Å². The molecule has 0 saturated heterocycles. The second-order valence-electron chi connectivity index (χ2n) is 8.65. The van der Waals surface area contributed by atoms with Crippen molar-refractivity contribution in [3.8, 4) is 0 Å². The van der Waals surface area contributed by atoms with E-state index in [1.54, 1.807) is 12.1 Å². The average molecular weight is 564 g/mol. The molecule has 0 fully saturated rings. The molecule has 1 atom stereocenters. The third-order valence-electron chi connectivity index (χ3n) is 5.15. The van der Waals surface area contributed by atoms with Gasteiger partial charge in [-0.05, 0) is 39.8 Å². The van der Waals surface area contributed by atoms with Crippen molar-refractivity contribution < 1.29 is 43.3 Å². The molecule has 0 spiro atoms. The number of nitroso groups, excluding NO2 is 1. The fourth-order valence-corrected chi connectivity index (χ4v) is 5.99. The van der Waals surface area contributed by atoms with Crippen LogP contribution in [0.1, 0.15) is 40.3 Å². The molecular formula is C21H31N2O10P3. The maximum atomic E-state index is 11.8. The third kappa shape index (κ3) is 11.2. The normalized spacial score (nSPS) is 14.1. The van der Waals surface area contributed by atoms with Crippen LogP contribution in [0, 0.1) is 4.91 Å². The molecule has 2 aromatic rings. The topological polar surface area (TPSA) is 205 Å². The van der Waals surface area contributed by atoms with Crippen LogP contribution in [-0.4, -0.2) is 47.6 Å². The predicted molar refractivity (Wildman–Crippen MR) is 134 cm³/mol. The number of aliphatic hydroxyl groups is 1. The lowest BCUT2D eigenvalue weighted by Gasteiger charge is -2.23. The van der Waals surface area contributed by atoms with Gasteiger partial charge in [-0.15, -0.1) is 4.91 Å². The Morgan fingerprint density at radius 2 is 1.08 bits per heavy atom. The Balaban J connectivity index is 2.38. The first kappa shape index (κ1) is 30.7. The Bertz CT molecular complexity index is 1170. The van der Waals surface area contributed by atoms with Gasteiger partial charge in [0.25, 0.3) is 0 Å². The van der Waals surface area contributed by atoms with Crippen molar-refractivity contribution in [1.29, 1.82) is 0 Å². The van der Waals surface area contributed by atoms with Gasteiger partial charge in [0.1, 0.15) is 0 Å². The van der Waals surface area contributed by atoms with Gasteiger partial charge in [-0.3, -0.25) is 18.6 Å². The first-order valence-electron chi connectivity index (χ1n) is 10.9. The second-order valence-corrected chi connectivity index (χ2v) is 13.8. The van der Waals surface area contributed by atoms with E-state index in [0.717, 1.165) is 11.1 Å². The molecule has 6 N–H and O–H groups in total. The van der Waals surface area contributed by atoms with Gasteiger partial charge in [0.05, 0.1) is 25.1 Å². The number of hydrogen-bond acceptors (Lipinski definition) is 6. The molecule has 2 aromatic carbocycles. The molecule has 0 radical (unpaired) electrons. The summed E-state index contributed by atoms with van der Waals surface area (Å²) in [5.41, 5.74) is 3.06. The highest BCUT2D eigenvalue weighted by molar-refractivity contribution is 7.55. The maximum absolute atomic E-state index is 11.8. The van der Waals surface area contributed by atoms with E-state index in [-0.39, 0.29) is 37.4 Å². The van der Waals surface area contributed by atoms with Crippen LogP contribution < -0.4 is 0 Å². The van der Waals surface area contributed by atoms with Crippen molar-refractivity contribution in [1.82, 2.24) is 4.90 Å². The number of benzene rings is 2. The zero-order valence-corrected chi connectivity index (χ0v) is 22.4. The van der Waals surface area contributed by atoms with Crippen LogP contribution in [0.25, 0.3) is 0 Å².